The van der Waals surface area contributed by atoms with Crippen molar-refractivity contribution in [2.75, 3.05) is 27.2 Å². The summed E-state index contributed by atoms with van der Waals surface area (Å²) in [5.41, 5.74) is 0.367. The topological polar surface area (TPSA) is 74.3 Å². The Kier molecular flexibility index (Phi) is 4.93. The highest BCUT2D eigenvalue weighted by molar-refractivity contribution is 5.92. The van der Waals surface area contributed by atoms with Crippen LogP contribution >= 0.6 is 0 Å². The van der Waals surface area contributed by atoms with Crippen LogP contribution in [0.2, 0.25) is 0 Å². The fourth-order valence-electron chi connectivity index (χ4n) is 1.09. The first-order valence-corrected chi connectivity index (χ1v) is 5.25. The average molecular weight is 236 g/mol. The predicted octanol–water partition coefficient (Wildman–Crippen LogP) is 0.0826. The van der Waals surface area contributed by atoms with Crippen molar-refractivity contribution in [3.05, 3.63) is 30.1 Å². The van der Waals surface area contributed by atoms with Gasteiger partial charge in [0, 0.05) is 33.4 Å². The summed E-state index contributed by atoms with van der Waals surface area (Å²) in [6.07, 6.45) is 1.56. The molecule has 0 aliphatic heterocycles. The minimum Gasteiger partial charge on any atom is -0.349 e. The molecule has 17 heavy (non-hydrogen) atoms. The number of hydrogen-bond acceptors (Lipinski definition) is 3. The van der Waals surface area contributed by atoms with Crippen molar-refractivity contribution in [1.29, 1.82) is 0 Å². The number of carbonyl (C=O) groups excluding carboxylic acids is 2. The van der Waals surface area contributed by atoms with E-state index in [0.29, 0.717) is 18.8 Å². The molecule has 0 saturated heterocycles. The summed E-state index contributed by atoms with van der Waals surface area (Å²) in [6.45, 7) is 0.755. The molecule has 3 amide bonds. The summed E-state index contributed by atoms with van der Waals surface area (Å²) in [4.78, 5) is 28.0. The zero-order chi connectivity index (χ0) is 12.7. The van der Waals surface area contributed by atoms with Crippen LogP contribution in [-0.4, -0.2) is 49.0 Å². The van der Waals surface area contributed by atoms with Gasteiger partial charge in [-0.15, -0.1) is 0 Å². The number of nitrogens with zero attached hydrogens (tertiary/aromatic N) is 2. The Hall–Kier alpha value is -2.11. The highest BCUT2D eigenvalue weighted by atomic mass is 16.2. The van der Waals surface area contributed by atoms with Gasteiger partial charge in [-0.25, -0.2) is 4.79 Å². The molecule has 2 N–H and O–H groups in total. The highest BCUT2D eigenvalue weighted by Crippen LogP contribution is 1.91. The van der Waals surface area contributed by atoms with E-state index in [1.165, 1.54) is 4.90 Å². The number of rotatable bonds is 4. The molecule has 0 spiro atoms. The van der Waals surface area contributed by atoms with E-state index in [2.05, 4.69) is 15.6 Å². The Balaban J connectivity index is 2.24. The molecule has 1 rings (SSSR count). The van der Waals surface area contributed by atoms with E-state index in [1.54, 1.807) is 38.5 Å². The van der Waals surface area contributed by atoms with Crippen molar-refractivity contribution in [2.24, 2.45) is 0 Å². The van der Waals surface area contributed by atoms with Gasteiger partial charge in [0.15, 0.2) is 0 Å². The lowest BCUT2D eigenvalue weighted by Gasteiger charge is -2.12. The van der Waals surface area contributed by atoms with E-state index in [-0.39, 0.29) is 11.9 Å². The molecule has 92 valence electrons. The van der Waals surface area contributed by atoms with Crippen LogP contribution in [0.5, 0.6) is 0 Å². The monoisotopic (exact) mass is 236 g/mol. The SMILES string of the molecule is CN(C)C(=O)NCCNC(=O)c1ccccn1. The zero-order valence-electron chi connectivity index (χ0n) is 9.93. The van der Waals surface area contributed by atoms with Crippen LogP contribution < -0.4 is 10.6 Å². The predicted molar refractivity (Wildman–Crippen MR) is 63.7 cm³/mol. The summed E-state index contributed by atoms with van der Waals surface area (Å²) in [7, 11) is 3.31. The van der Waals surface area contributed by atoms with E-state index >= 15 is 0 Å². The summed E-state index contributed by atoms with van der Waals surface area (Å²) in [5.74, 6) is -0.246. The molecule has 0 fully saturated rings. The Morgan fingerprint density at radius 3 is 2.53 bits per heavy atom. The van der Waals surface area contributed by atoms with Gasteiger partial charge in [0.1, 0.15) is 5.69 Å². The smallest absolute Gasteiger partial charge is 0.316 e. The van der Waals surface area contributed by atoms with E-state index in [4.69, 9.17) is 0 Å². The van der Waals surface area contributed by atoms with Gasteiger partial charge in [-0.1, -0.05) is 6.07 Å². The molecule has 0 aromatic carbocycles. The van der Waals surface area contributed by atoms with Crippen molar-refractivity contribution >= 4 is 11.9 Å². The maximum absolute atomic E-state index is 11.5. The molecular weight excluding hydrogens is 220 g/mol. The lowest BCUT2D eigenvalue weighted by molar-refractivity contribution is 0.0948. The molecule has 6 heteroatoms. The Morgan fingerprint density at radius 2 is 1.94 bits per heavy atom. The second kappa shape index (κ2) is 6.47. The number of amides is 3. The maximum atomic E-state index is 11.5. The van der Waals surface area contributed by atoms with E-state index in [1.807, 2.05) is 0 Å². The standard InChI is InChI=1S/C11H16N4O2/c1-15(2)11(17)14-8-7-13-10(16)9-5-3-4-6-12-9/h3-6H,7-8H2,1-2H3,(H,13,16)(H,14,17). The first-order chi connectivity index (χ1) is 8.11. The average Bonchev–Trinajstić information content (AvgIpc) is 2.35. The zero-order valence-corrected chi connectivity index (χ0v) is 9.93. The minimum atomic E-state index is -0.246. The van der Waals surface area contributed by atoms with Crippen molar-refractivity contribution < 1.29 is 9.59 Å². The third kappa shape index (κ3) is 4.50. The largest absolute Gasteiger partial charge is 0.349 e. The lowest BCUT2D eigenvalue weighted by Crippen LogP contribution is -2.39. The normalized spacial score (nSPS) is 9.53. The quantitative estimate of drug-likeness (QED) is 0.727. The Labute approximate surface area is 100 Å². The molecule has 0 radical (unpaired) electrons. The van der Waals surface area contributed by atoms with Crippen LogP contribution in [-0.2, 0) is 0 Å². The van der Waals surface area contributed by atoms with Crippen molar-refractivity contribution in [3.63, 3.8) is 0 Å². The van der Waals surface area contributed by atoms with Crippen LogP contribution in [0.15, 0.2) is 24.4 Å². The third-order valence-electron chi connectivity index (χ3n) is 1.99. The van der Waals surface area contributed by atoms with Crippen LogP contribution in [0.25, 0.3) is 0 Å². The number of carbonyl (C=O) groups is 2. The molecule has 0 aliphatic carbocycles. The minimum absolute atomic E-state index is 0.183. The number of pyridine rings is 1. The molecule has 1 aromatic rings. The van der Waals surface area contributed by atoms with Gasteiger partial charge in [-0.2, -0.15) is 0 Å². The Bertz CT molecular complexity index is 378. The van der Waals surface area contributed by atoms with Gasteiger partial charge in [0.05, 0.1) is 0 Å². The molecule has 0 aliphatic rings. The second-order valence-electron chi connectivity index (χ2n) is 3.60. The van der Waals surface area contributed by atoms with Crippen LogP contribution in [0.4, 0.5) is 4.79 Å². The van der Waals surface area contributed by atoms with Gasteiger partial charge in [0.25, 0.3) is 5.91 Å². The fraction of sp³-hybridized carbons (Fsp3) is 0.364. The van der Waals surface area contributed by atoms with Crippen molar-refractivity contribution in [3.8, 4) is 0 Å². The maximum Gasteiger partial charge on any atom is 0.316 e. The van der Waals surface area contributed by atoms with Gasteiger partial charge in [0.2, 0.25) is 0 Å². The Morgan fingerprint density at radius 1 is 1.24 bits per heavy atom. The first-order valence-electron chi connectivity index (χ1n) is 5.25. The third-order valence-corrected chi connectivity index (χ3v) is 1.99. The molecule has 0 atom stereocenters. The highest BCUT2D eigenvalue weighted by Gasteiger charge is 2.05. The van der Waals surface area contributed by atoms with Crippen molar-refractivity contribution in [1.82, 2.24) is 20.5 Å². The van der Waals surface area contributed by atoms with Crippen LogP contribution in [0.3, 0.4) is 0 Å². The van der Waals surface area contributed by atoms with Crippen LogP contribution in [0.1, 0.15) is 10.5 Å². The molecule has 0 saturated carbocycles. The van der Waals surface area contributed by atoms with Gasteiger partial charge in [-0.05, 0) is 12.1 Å². The number of hydrogen-bond donors (Lipinski definition) is 2. The van der Waals surface area contributed by atoms with Gasteiger partial charge in [-0.3, -0.25) is 9.78 Å². The molecule has 6 nitrogen and oxygen atoms in total. The van der Waals surface area contributed by atoms with E-state index in [0.717, 1.165) is 0 Å². The molecule has 1 heterocycles. The van der Waals surface area contributed by atoms with Gasteiger partial charge >= 0.3 is 6.03 Å². The molecule has 0 bridgehead atoms. The second-order valence-corrected chi connectivity index (χ2v) is 3.60. The first kappa shape index (κ1) is 13.0. The summed E-state index contributed by atoms with van der Waals surface area (Å²) in [6, 6.07) is 4.94. The number of aromatic nitrogens is 1. The fourth-order valence-corrected chi connectivity index (χ4v) is 1.09. The summed E-state index contributed by atoms with van der Waals surface area (Å²) >= 11 is 0. The van der Waals surface area contributed by atoms with Crippen LogP contribution in [0, 0.1) is 0 Å². The summed E-state index contributed by atoms with van der Waals surface area (Å²) < 4.78 is 0. The number of nitrogens with one attached hydrogen (secondary N) is 2. The summed E-state index contributed by atoms with van der Waals surface area (Å²) in [5, 5.41) is 5.30. The number of urea groups is 1. The van der Waals surface area contributed by atoms with E-state index < -0.39 is 0 Å². The molecular formula is C11H16N4O2. The van der Waals surface area contributed by atoms with Gasteiger partial charge < -0.3 is 15.5 Å². The van der Waals surface area contributed by atoms with E-state index in [9.17, 15) is 9.59 Å². The van der Waals surface area contributed by atoms with Crippen molar-refractivity contribution in [2.45, 2.75) is 0 Å². The molecule has 0 unspecified atom stereocenters. The lowest BCUT2D eigenvalue weighted by atomic mass is 10.3. The molecule has 1 aromatic heterocycles.